The van der Waals surface area contributed by atoms with Crippen LogP contribution in [0, 0.1) is 0 Å². The molecule has 1 aromatic rings. The maximum atomic E-state index is 5.56. The minimum Gasteiger partial charge on any atom is -0.227 e. The standard InChI is InChI=1S/C4Br2Cl2N2/c5-1-3(7)10-4(8)2(6)9-1. The van der Waals surface area contributed by atoms with E-state index in [0.29, 0.717) is 9.21 Å². The van der Waals surface area contributed by atoms with Gasteiger partial charge in [0.15, 0.2) is 10.3 Å². The van der Waals surface area contributed by atoms with Crippen LogP contribution in [0.3, 0.4) is 0 Å². The zero-order valence-electron chi connectivity index (χ0n) is 4.41. The van der Waals surface area contributed by atoms with E-state index in [9.17, 15) is 0 Å². The van der Waals surface area contributed by atoms with Crippen molar-refractivity contribution in [2.45, 2.75) is 0 Å². The number of hydrogen-bond donors (Lipinski definition) is 0. The smallest absolute Gasteiger partial charge is 0.163 e. The Hall–Kier alpha value is 0.620. The van der Waals surface area contributed by atoms with Gasteiger partial charge in [-0.2, -0.15) is 0 Å². The van der Waals surface area contributed by atoms with E-state index in [0.717, 1.165) is 0 Å². The zero-order valence-corrected chi connectivity index (χ0v) is 9.09. The van der Waals surface area contributed by atoms with Crippen LogP contribution in [0.5, 0.6) is 0 Å². The lowest BCUT2D eigenvalue weighted by molar-refractivity contribution is 1.13. The molecule has 0 radical (unpaired) electrons. The lowest BCUT2D eigenvalue weighted by Crippen LogP contribution is -1.85. The third kappa shape index (κ3) is 1.81. The Morgan fingerprint density at radius 2 is 1.30 bits per heavy atom. The van der Waals surface area contributed by atoms with Crippen LogP contribution >= 0.6 is 55.1 Å². The summed E-state index contributed by atoms with van der Waals surface area (Å²) in [5.74, 6) is 0. The summed E-state index contributed by atoms with van der Waals surface area (Å²) in [4.78, 5) is 7.63. The largest absolute Gasteiger partial charge is 0.227 e. The molecule has 0 saturated carbocycles. The van der Waals surface area contributed by atoms with Gasteiger partial charge in [-0.05, 0) is 31.9 Å². The second-order valence-electron chi connectivity index (χ2n) is 1.39. The van der Waals surface area contributed by atoms with Crippen molar-refractivity contribution >= 4 is 55.1 Å². The molecule has 1 heterocycles. The van der Waals surface area contributed by atoms with Gasteiger partial charge < -0.3 is 0 Å². The Morgan fingerprint density at radius 3 is 1.60 bits per heavy atom. The molecule has 0 N–H and O–H groups in total. The molecule has 0 aliphatic carbocycles. The van der Waals surface area contributed by atoms with Crippen molar-refractivity contribution in [1.29, 1.82) is 0 Å². The van der Waals surface area contributed by atoms with Crippen LogP contribution in [0.4, 0.5) is 0 Å². The molecule has 0 fully saturated rings. The topological polar surface area (TPSA) is 25.8 Å². The summed E-state index contributed by atoms with van der Waals surface area (Å²) in [5.41, 5.74) is 0. The van der Waals surface area contributed by atoms with Gasteiger partial charge in [0.1, 0.15) is 9.21 Å². The monoisotopic (exact) mass is 304 g/mol. The Bertz CT molecular complexity index is 215. The number of nitrogens with zero attached hydrogens (tertiary/aromatic N) is 2. The minimum atomic E-state index is 0.258. The first kappa shape index (κ1) is 8.71. The van der Waals surface area contributed by atoms with E-state index in [1.165, 1.54) is 0 Å². The third-order valence-electron chi connectivity index (χ3n) is 0.733. The second-order valence-corrected chi connectivity index (χ2v) is 3.61. The van der Waals surface area contributed by atoms with Crippen LogP contribution in [0.15, 0.2) is 9.21 Å². The molecule has 0 atom stereocenters. The second kappa shape index (κ2) is 3.34. The highest BCUT2D eigenvalue weighted by atomic mass is 79.9. The number of rotatable bonds is 0. The van der Waals surface area contributed by atoms with Crippen LogP contribution in [0.25, 0.3) is 0 Å². The van der Waals surface area contributed by atoms with Crippen LogP contribution in [0.2, 0.25) is 10.3 Å². The van der Waals surface area contributed by atoms with Crippen molar-refractivity contribution in [3.8, 4) is 0 Å². The van der Waals surface area contributed by atoms with Crippen molar-refractivity contribution < 1.29 is 0 Å². The SMILES string of the molecule is Clc1nc(Cl)c(Br)nc1Br. The first-order chi connectivity index (χ1) is 4.61. The summed E-state index contributed by atoms with van der Waals surface area (Å²) in [5, 5.41) is 0.515. The number of hydrogen-bond acceptors (Lipinski definition) is 2. The maximum absolute atomic E-state index is 5.56. The van der Waals surface area contributed by atoms with Crippen molar-refractivity contribution in [3.63, 3.8) is 0 Å². The molecular weight excluding hydrogens is 307 g/mol. The maximum Gasteiger partial charge on any atom is 0.163 e. The van der Waals surface area contributed by atoms with E-state index < -0.39 is 0 Å². The van der Waals surface area contributed by atoms with Gasteiger partial charge in [-0.3, -0.25) is 0 Å². The summed E-state index contributed by atoms with van der Waals surface area (Å²) in [7, 11) is 0. The molecule has 6 heteroatoms. The Morgan fingerprint density at radius 1 is 0.900 bits per heavy atom. The summed E-state index contributed by atoms with van der Waals surface area (Å²) in [6.07, 6.45) is 0. The van der Waals surface area contributed by atoms with Crippen molar-refractivity contribution in [3.05, 3.63) is 19.5 Å². The normalized spacial score (nSPS) is 10.0. The average Bonchev–Trinajstić information content (AvgIpc) is 1.84. The Kier molecular flexibility index (Phi) is 2.91. The van der Waals surface area contributed by atoms with Gasteiger partial charge in [0.25, 0.3) is 0 Å². The van der Waals surface area contributed by atoms with Gasteiger partial charge in [-0.25, -0.2) is 9.97 Å². The molecule has 10 heavy (non-hydrogen) atoms. The summed E-state index contributed by atoms with van der Waals surface area (Å²) >= 11 is 17.3. The third-order valence-corrected chi connectivity index (χ3v) is 2.82. The molecule has 0 aliphatic rings. The molecule has 0 saturated heterocycles. The number of halogens is 4. The highest BCUT2D eigenvalue weighted by Crippen LogP contribution is 2.25. The molecule has 1 rings (SSSR count). The Balaban J connectivity index is 3.28. The fourth-order valence-corrected chi connectivity index (χ4v) is 1.42. The predicted molar refractivity (Wildman–Crippen MR) is 47.5 cm³/mol. The van der Waals surface area contributed by atoms with Gasteiger partial charge in [-0.1, -0.05) is 23.2 Å². The first-order valence-electron chi connectivity index (χ1n) is 2.15. The molecule has 0 spiro atoms. The van der Waals surface area contributed by atoms with Crippen molar-refractivity contribution in [2.24, 2.45) is 0 Å². The van der Waals surface area contributed by atoms with Gasteiger partial charge >= 0.3 is 0 Å². The van der Waals surface area contributed by atoms with E-state index in [1.54, 1.807) is 0 Å². The quantitative estimate of drug-likeness (QED) is 0.735. The first-order valence-corrected chi connectivity index (χ1v) is 4.49. The molecule has 0 unspecified atom stereocenters. The predicted octanol–water partition coefficient (Wildman–Crippen LogP) is 3.31. The van der Waals surface area contributed by atoms with E-state index in [1.807, 2.05) is 0 Å². The lowest BCUT2D eigenvalue weighted by Gasteiger charge is -1.95. The summed E-state index contributed by atoms with van der Waals surface area (Å²) in [6.45, 7) is 0. The summed E-state index contributed by atoms with van der Waals surface area (Å²) in [6, 6.07) is 0. The molecule has 0 bridgehead atoms. The van der Waals surface area contributed by atoms with Crippen LogP contribution in [-0.2, 0) is 0 Å². The molecule has 0 aromatic carbocycles. The van der Waals surface area contributed by atoms with Gasteiger partial charge in [0.05, 0.1) is 0 Å². The molecular formula is C4Br2Cl2N2. The van der Waals surface area contributed by atoms with Crippen LogP contribution in [-0.4, -0.2) is 9.97 Å². The van der Waals surface area contributed by atoms with E-state index in [-0.39, 0.29) is 10.3 Å². The molecule has 0 amide bonds. The van der Waals surface area contributed by atoms with E-state index in [4.69, 9.17) is 23.2 Å². The molecule has 2 nitrogen and oxygen atoms in total. The zero-order chi connectivity index (χ0) is 7.72. The van der Waals surface area contributed by atoms with Gasteiger partial charge in [0.2, 0.25) is 0 Å². The fourth-order valence-electron chi connectivity index (χ4n) is 0.357. The highest BCUT2D eigenvalue weighted by Gasteiger charge is 2.05. The van der Waals surface area contributed by atoms with E-state index in [2.05, 4.69) is 41.8 Å². The van der Waals surface area contributed by atoms with Gasteiger partial charge in [0, 0.05) is 0 Å². The van der Waals surface area contributed by atoms with Crippen molar-refractivity contribution in [2.75, 3.05) is 0 Å². The highest BCUT2D eigenvalue weighted by molar-refractivity contribution is 9.11. The fraction of sp³-hybridized carbons (Fsp3) is 0. The molecule has 54 valence electrons. The minimum absolute atomic E-state index is 0.258. The Labute approximate surface area is 84.2 Å². The molecule has 1 aromatic heterocycles. The summed E-state index contributed by atoms with van der Waals surface area (Å²) < 4.78 is 0.955. The lowest BCUT2D eigenvalue weighted by atomic mass is 10.8. The number of aromatic nitrogens is 2. The van der Waals surface area contributed by atoms with E-state index >= 15 is 0 Å². The van der Waals surface area contributed by atoms with Crippen molar-refractivity contribution in [1.82, 2.24) is 9.97 Å². The van der Waals surface area contributed by atoms with Crippen LogP contribution in [0.1, 0.15) is 0 Å². The van der Waals surface area contributed by atoms with Gasteiger partial charge in [-0.15, -0.1) is 0 Å². The average molecular weight is 307 g/mol. The van der Waals surface area contributed by atoms with Crippen LogP contribution < -0.4 is 0 Å². The molecule has 0 aliphatic heterocycles.